The van der Waals surface area contributed by atoms with Gasteiger partial charge in [0.15, 0.2) is 6.29 Å². The molecule has 0 unspecified atom stereocenters. The van der Waals surface area contributed by atoms with Gasteiger partial charge in [-0.1, -0.05) is 0 Å². The number of pyridine rings is 2. The Morgan fingerprint density at radius 3 is 2.71 bits per heavy atom. The number of morpholine rings is 1. The van der Waals surface area contributed by atoms with Crippen molar-refractivity contribution < 1.29 is 14.3 Å². The molecule has 0 aliphatic carbocycles. The van der Waals surface area contributed by atoms with Crippen molar-refractivity contribution in [1.29, 1.82) is 0 Å². The van der Waals surface area contributed by atoms with E-state index in [0.29, 0.717) is 17.0 Å². The zero-order valence-corrected chi connectivity index (χ0v) is 14.1. The predicted octanol–water partition coefficient (Wildman–Crippen LogP) is 2.58. The van der Waals surface area contributed by atoms with Crippen molar-refractivity contribution in [3.8, 4) is 17.0 Å². The van der Waals surface area contributed by atoms with E-state index < -0.39 is 0 Å². The molecule has 24 heavy (non-hydrogen) atoms. The zero-order chi connectivity index (χ0) is 17.1. The van der Waals surface area contributed by atoms with E-state index in [0.717, 1.165) is 30.6 Å². The predicted molar refractivity (Wildman–Crippen MR) is 91.6 cm³/mol. The summed E-state index contributed by atoms with van der Waals surface area (Å²) in [5.74, 6) is 0.677. The van der Waals surface area contributed by atoms with Crippen molar-refractivity contribution in [2.24, 2.45) is 0 Å². The van der Waals surface area contributed by atoms with Crippen LogP contribution in [-0.2, 0) is 4.74 Å². The summed E-state index contributed by atoms with van der Waals surface area (Å²) >= 11 is 0. The largest absolute Gasteiger partial charge is 0.496 e. The molecule has 0 saturated carbocycles. The molecule has 0 bridgehead atoms. The lowest BCUT2D eigenvalue weighted by molar-refractivity contribution is -0.00527. The first-order chi connectivity index (χ1) is 11.6. The molecule has 1 saturated heterocycles. The molecule has 0 aromatic carbocycles. The molecule has 2 atom stereocenters. The molecule has 0 N–H and O–H groups in total. The standard InChI is InChI=1S/C18H21N3O3/c1-12-9-21(10-13(2)24-12)17-8-20-16(6-14(17)11-22)15-7-19-5-4-18(15)23-3/h4-8,11-13H,9-10H2,1-3H3/t12-,13+. The minimum Gasteiger partial charge on any atom is -0.496 e. The first kappa shape index (κ1) is 16.4. The van der Waals surface area contributed by atoms with E-state index in [1.807, 2.05) is 13.8 Å². The highest BCUT2D eigenvalue weighted by atomic mass is 16.5. The number of hydrogen-bond donors (Lipinski definition) is 0. The molecule has 3 heterocycles. The van der Waals surface area contributed by atoms with Gasteiger partial charge in [-0.15, -0.1) is 0 Å². The lowest BCUT2D eigenvalue weighted by Gasteiger charge is -2.37. The number of aromatic nitrogens is 2. The van der Waals surface area contributed by atoms with Crippen molar-refractivity contribution in [3.63, 3.8) is 0 Å². The topological polar surface area (TPSA) is 64.5 Å². The summed E-state index contributed by atoms with van der Waals surface area (Å²) in [4.78, 5) is 22.4. The molecule has 6 nitrogen and oxygen atoms in total. The molecule has 2 aromatic rings. The van der Waals surface area contributed by atoms with Crippen molar-refractivity contribution in [2.75, 3.05) is 25.1 Å². The Kier molecular flexibility index (Phi) is 4.76. The smallest absolute Gasteiger partial charge is 0.152 e. The van der Waals surface area contributed by atoms with E-state index in [9.17, 15) is 4.79 Å². The van der Waals surface area contributed by atoms with Crippen LogP contribution in [-0.4, -0.2) is 48.7 Å². The van der Waals surface area contributed by atoms with E-state index in [1.165, 1.54) is 0 Å². The fourth-order valence-corrected chi connectivity index (χ4v) is 3.10. The van der Waals surface area contributed by atoms with Gasteiger partial charge in [-0.25, -0.2) is 0 Å². The van der Waals surface area contributed by atoms with Gasteiger partial charge in [0.25, 0.3) is 0 Å². The van der Waals surface area contributed by atoms with E-state index in [1.54, 1.807) is 37.8 Å². The Bertz CT molecular complexity index is 725. The number of nitrogens with zero attached hydrogens (tertiary/aromatic N) is 3. The summed E-state index contributed by atoms with van der Waals surface area (Å²) in [5, 5.41) is 0. The number of hydrogen-bond acceptors (Lipinski definition) is 6. The number of anilines is 1. The van der Waals surface area contributed by atoms with Gasteiger partial charge in [0.05, 0.1) is 42.5 Å². The number of ether oxygens (including phenoxy) is 2. The minimum atomic E-state index is 0.117. The minimum absolute atomic E-state index is 0.117. The van der Waals surface area contributed by atoms with Crippen LogP contribution >= 0.6 is 0 Å². The highest BCUT2D eigenvalue weighted by Gasteiger charge is 2.24. The fourth-order valence-electron chi connectivity index (χ4n) is 3.10. The molecule has 1 fully saturated rings. The van der Waals surface area contributed by atoms with Crippen molar-refractivity contribution in [3.05, 3.63) is 36.3 Å². The first-order valence-electron chi connectivity index (χ1n) is 7.96. The van der Waals surface area contributed by atoms with Crippen LogP contribution in [0.15, 0.2) is 30.7 Å². The third-order valence-corrected chi connectivity index (χ3v) is 4.08. The van der Waals surface area contributed by atoms with E-state index in [4.69, 9.17) is 9.47 Å². The molecule has 126 valence electrons. The Morgan fingerprint density at radius 2 is 2.04 bits per heavy atom. The van der Waals surface area contributed by atoms with Gasteiger partial charge in [0.2, 0.25) is 0 Å². The van der Waals surface area contributed by atoms with Gasteiger partial charge in [-0.2, -0.15) is 0 Å². The maximum atomic E-state index is 11.6. The van der Waals surface area contributed by atoms with E-state index in [2.05, 4.69) is 14.9 Å². The highest BCUT2D eigenvalue weighted by molar-refractivity contribution is 5.87. The summed E-state index contributed by atoms with van der Waals surface area (Å²) in [6, 6.07) is 3.56. The maximum absolute atomic E-state index is 11.6. The zero-order valence-electron chi connectivity index (χ0n) is 14.1. The molecular weight excluding hydrogens is 306 g/mol. The number of rotatable bonds is 4. The van der Waals surface area contributed by atoms with Gasteiger partial charge >= 0.3 is 0 Å². The Morgan fingerprint density at radius 1 is 1.29 bits per heavy atom. The van der Waals surface area contributed by atoms with Crippen molar-refractivity contribution in [2.45, 2.75) is 26.1 Å². The highest BCUT2D eigenvalue weighted by Crippen LogP contribution is 2.31. The lowest BCUT2D eigenvalue weighted by Crippen LogP contribution is -2.45. The molecule has 0 radical (unpaired) electrons. The fraction of sp³-hybridized carbons (Fsp3) is 0.389. The summed E-state index contributed by atoms with van der Waals surface area (Å²) in [7, 11) is 1.60. The van der Waals surface area contributed by atoms with Gasteiger partial charge in [-0.3, -0.25) is 14.8 Å². The van der Waals surface area contributed by atoms with Crippen LogP contribution in [0.5, 0.6) is 5.75 Å². The first-order valence-corrected chi connectivity index (χ1v) is 7.96. The number of carbonyl (C=O) groups excluding carboxylic acids is 1. The van der Waals surface area contributed by atoms with Gasteiger partial charge in [-0.05, 0) is 26.0 Å². The molecule has 6 heteroatoms. The second-order valence-electron chi connectivity index (χ2n) is 5.98. The second kappa shape index (κ2) is 6.97. The van der Waals surface area contributed by atoms with E-state index in [-0.39, 0.29) is 12.2 Å². The van der Waals surface area contributed by atoms with Crippen LogP contribution in [0.25, 0.3) is 11.3 Å². The van der Waals surface area contributed by atoms with Gasteiger partial charge in [0.1, 0.15) is 5.75 Å². The van der Waals surface area contributed by atoms with Crippen LogP contribution < -0.4 is 9.64 Å². The average Bonchev–Trinajstić information content (AvgIpc) is 2.60. The lowest BCUT2D eigenvalue weighted by atomic mass is 10.1. The third-order valence-electron chi connectivity index (χ3n) is 4.08. The Labute approximate surface area is 141 Å². The van der Waals surface area contributed by atoms with Crippen LogP contribution in [0.1, 0.15) is 24.2 Å². The summed E-state index contributed by atoms with van der Waals surface area (Å²) < 4.78 is 11.1. The number of methoxy groups -OCH3 is 1. The monoisotopic (exact) mass is 327 g/mol. The number of carbonyl (C=O) groups is 1. The van der Waals surface area contributed by atoms with Gasteiger partial charge in [0, 0.05) is 31.0 Å². The normalized spacial score (nSPS) is 20.7. The summed E-state index contributed by atoms with van der Waals surface area (Å²) in [6.07, 6.45) is 6.20. The average molecular weight is 327 g/mol. The Hall–Kier alpha value is -2.47. The van der Waals surface area contributed by atoms with Crippen molar-refractivity contribution >= 4 is 12.0 Å². The molecule has 1 aliphatic heterocycles. The van der Waals surface area contributed by atoms with Crippen LogP contribution in [0, 0.1) is 0 Å². The molecule has 3 rings (SSSR count). The summed E-state index contributed by atoms with van der Waals surface area (Å²) in [5.41, 5.74) is 2.87. The third kappa shape index (κ3) is 3.23. The molecular formula is C18H21N3O3. The molecule has 0 amide bonds. The maximum Gasteiger partial charge on any atom is 0.152 e. The van der Waals surface area contributed by atoms with Gasteiger partial charge < -0.3 is 14.4 Å². The SMILES string of the molecule is COc1ccncc1-c1cc(C=O)c(N2C[C@@H](C)O[C@@H](C)C2)cn1. The number of aldehydes is 1. The van der Waals surface area contributed by atoms with Crippen molar-refractivity contribution in [1.82, 2.24) is 9.97 Å². The molecule has 0 spiro atoms. The molecule has 1 aliphatic rings. The van der Waals surface area contributed by atoms with Crippen LogP contribution in [0.3, 0.4) is 0 Å². The Balaban J connectivity index is 1.98. The molecule has 2 aromatic heterocycles. The quantitative estimate of drug-likeness (QED) is 0.804. The second-order valence-corrected chi connectivity index (χ2v) is 5.98. The summed E-state index contributed by atoms with van der Waals surface area (Å²) in [6.45, 7) is 5.54. The van der Waals surface area contributed by atoms with Crippen LogP contribution in [0.4, 0.5) is 5.69 Å². The van der Waals surface area contributed by atoms with Crippen LogP contribution in [0.2, 0.25) is 0 Å². The van der Waals surface area contributed by atoms with E-state index >= 15 is 0 Å².